The predicted molar refractivity (Wildman–Crippen MR) is 123 cm³/mol. The summed E-state index contributed by atoms with van der Waals surface area (Å²) in [6.45, 7) is 6.72. The highest BCUT2D eigenvalue weighted by atomic mass is 32.2. The molecule has 1 unspecified atom stereocenters. The van der Waals surface area contributed by atoms with Crippen LogP contribution in [0.2, 0.25) is 0 Å². The van der Waals surface area contributed by atoms with Gasteiger partial charge in [-0.25, -0.2) is 9.67 Å². The minimum absolute atomic E-state index is 0.0425. The Morgan fingerprint density at radius 1 is 1.25 bits per heavy atom. The molecule has 5 rings (SSSR count). The fraction of sp³-hybridized carbons (Fsp3) is 0.455. The van der Waals surface area contributed by atoms with Gasteiger partial charge in [-0.3, -0.25) is 19.1 Å². The summed E-state index contributed by atoms with van der Waals surface area (Å²) in [6.07, 6.45) is 1.84. The number of benzene rings is 1. The van der Waals surface area contributed by atoms with Crippen LogP contribution in [0.25, 0.3) is 16.7 Å². The van der Waals surface area contributed by atoms with Crippen molar-refractivity contribution in [1.82, 2.24) is 29.5 Å². The highest BCUT2D eigenvalue weighted by Gasteiger charge is 2.29. The second kappa shape index (κ2) is 9.05. The summed E-state index contributed by atoms with van der Waals surface area (Å²) in [4.78, 5) is 32.8. The molecule has 2 aliphatic rings. The molecule has 0 saturated carbocycles. The maximum Gasteiger partial charge on any atom is 0.265 e. The van der Waals surface area contributed by atoms with E-state index in [9.17, 15) is 9.59 Å². The molecule has 1 saturated heterocycles. The first kappa shape index (κ1) is 21.2. The molecule has 168 valence electrons. The first-order valence-corrected chi connectivity index (χ1v) is 11.9. The van der Waals surface area contributed by atoms with Crippen LogP contribution in [-0.2, 0) is 9.53 Å². The van der Waals surface area contributed by atoms with Gasteiger partial charge in [0.05, 0.1) is 31.1 Å². The molecule has 0 aliphatic carbocycles. The highest BCUT2D eigenvalue weighted by molar-refractivity contribution is 7.99. The van der Waals surface area contributed by atoms with Crippen LogP contribution in [-0.4, -0.2) is 75.3 Å². The average Bonchev–Trinajstić information content (AvgIpc) is 3.40. The number of hydrogen-bond acceptors (Lipinski definition) is 7. The van der Waals surface area contributed by atoms with Gasteiger partial charge in [-0.15, -0.1) is 0 Å². The Morgan fingerprint density at radius 2 is 2.03 bits per heavy atom. The smallest absolute Gasteiger partial charge is 0.265 e. The number of carbonyl (C=O) groups excluding carboxylic acids is 1. The third-order valence-corrected chi connectivity index (χ3v) is 7.02. The van der Waals surface area contributed by atoms with Gasteiger partial charge >= 0.3 is 0 Å². The zero-order valence-corrected chi connectivity index (χ0v) is 18.8. The highest BCUT2D eigenvalue weighted by Crippen LogP contribution is 2.33. The molecule has 10 heteroatoms. The van der Waals surface area contributed by atoms with E-state index in [-0.39, 0.29) is 23.9 Å². The molecule has 32 heavy (non-hydrogen) atoms. The Morgan fingerprint density at radius 3 is 2.81 bits per heavy atom. The third kappa shape index (κ3) is 4.17. The van der Waals surface area contributed by atoms with E-state index >= 15 is 0 Å². The van der Waals surface area contributed by atoms with E-state index in [0.29, 0.717) is 28.5 Å². The molecule has 0 bridgehead atoms. The lowest BCUT2D eigenvalue weighted by atomic mass is 10.2. The van der Waals surface area contributed by atoms with E-state index < -0.39 is 0 Å². The van der Waals surface area contributed by atoms with Crippen LogP contribution < -0.4 is 10.9 Å². The van der Waals surface area contributed by atoms with Crippen molar-refractivity contribution in [2.75, 3.05) is 45.1 Å². The maximum atomic E-state index is 13.2. The number of carbonyl (C=O) groups is 1. The lowest BCUT2D eigenvalue weighted by molar-refractivity contribution is -0.121. The molecule has 2 aliphatic heterocycles. The van der Waals surface area contributed by atoms with Gasteiger partial charge in [0, 0.05) is 38.4 Å². The number of thioether (sulfide) groups is 1. The standard InChI is InChI=1S/C22H26N6O3S/c1-15-2-4-16(5-3-15)28-20-18(13-24-28)21(30)27-17(14-32-22(27)25-20)12-19(29)23-6-7-26-8-10-31-11-9-26/h2-5,13,17H,6-12,14H2,1H3,(H,23,29). The molecular weight excluding hydrogens is 428 g/mol. The molecular formula is C22H26N6O3S. The van der Waals surface area contributed by atoms with Gasteiger partial charge < -0.3 is 10.1 Å². The van der Waals surface area contributed by atoms with Crippen LogP contribution >= 0.6 is 11.8 Å². The molecule has 1 fully saturated rings. The van der Waals surface area contributed by atoms with Gasteiger partial charge in [-0.05, 0) is 19.1 Å². The van der Waals surface area contributed by atoms with Gasteiger partial charge in [0.1, 0.15) is 5.39 Å². The van der Waals surface area contributed by atoms with Crippen molar-refractivity contribution in [2.24, 2.45) is 0 Å². The summed E-state index contributed by atoms with van der Waals surface area (Å²) in [6, 6.07) is 7.74. The number of aryl methyl sites for hydroxylation is 1. The predicted octanol–water partition coefficient (Wildman–Crippen LogP) is 1.38. The first-order valence-electron chi connectivity index (χ1n) is 10.9. The maximum absolute atomic E-state index is 13.2. The molecule has 1 aromatic carbocycles. The lowest BCUT2D eigenvalue weighted by Gasteiger charge is -2.26. The van der Waals surface area contributed by atoms with E-state index in [1.807, 2.05) is 31.2 Å². The third-order valence-electron chi connectivity index (χ3n) is 5.92. The van der Waals surface area contributed by atoms with Crippen LogP contribution in [0.3, 0.4) is 0 Å². The fourth-order valence-electron chi connectivity index (χ4n) is 4.12. The van der Waals surface area contributed by atoms with Crippen molar-refractivity contribution in [3.05, 3.63) is 46.4 Å². The van der Waals surface area contributed by atoms with E-state index in [1.54, 1.807) is 15.4 Å². The second-order valence-electron chi connectivity index (χ2n) is 8.17. The van der Waals surface area contributed by atoms with Crippen LogP contribution in [0.1, 0.15) is 18.0 Å². The quantitative estimate of drug-likeness (QED) is 0.562. The van der Waals surface area contributed by atoms with Gasteiger partial charge in [0.25, 0.3) is 5.56 Å². The normalized spacial score (nSPS) is 18.7. The summed E-state index contributed by atoms with van der Waals surface area (Å²) in [7, 11) is 0. The SMILES string of the molecule is Cc1ccc(-n2ncc3c(=O)n4c(nc32)SCC4CC(=O)NCCN2CCOCC2)cc1. The topological polar surface area (TPSA) is 94.3 Å². The van der Waals surface area contributed by atoms with Crippen LogP contribution in [0.4, 0.5) is 0 Å². The molecule has 3 aromatic rings. The van der Waals surface area contributed by atoms with Gasteiger partial charge in [-0.1, -0.05) is 29.5 Å². The Kier molecular flexibility index (Phi) is 5.99. The Bertz CT molecular complexity index is 1180. The molecule has 9 nitrogen and oxygen atoms in total. The Balaban J connectivity index is 1.30. The van der Waals surface area contributed by atoms with Crippen molar-refractivity contribution in [3.8, 4) is 5.69 Å². The van der Waals surface area contributed by atoms with Gasteiger partial charge in [0.15, 0.2) is 10.8 Å². The fourth-order valence-corrected chi connectivity index (χ4v) is 5.25. The molecule has 0 spiro atoms. The minimum Gasteiger partial charge on any atom is -0.379 e. The van der Waals surface area contributed by atoms with Crippen molar-refractivity contribution in [1.29, 1.82) is 0 Å². The van der Waals surface area contributed by atoms with Crippen molar-refractivity contribution >= 4 is 28.7 Å². The number of nitrogens with zero attached hydrogens (tertiary/aromatic N) is 5. The number of rotatable bonds is 6. The second-order valence-corrected chi connectivity index (χ2v) is 9.16. The number of morpholine rings is 1. The zero-order chi connectivity index (χ0) is 22.1. The van der Waals surface area contributed by atoms with E-state index in [0.717, 1.165) is 44.1 Å². The molecule has 1 atom stereocenters. The van der Waals surface area contributed by atoms with Gasteiger partial charge in [0.2, 0.25) is 5.91 Å². The molecule has 1 amide bonds. The number of ether oxygens (including phenoxy) is 1. The first-order chi connectivity index (χ1) is 15.6. The van der Waals surface area contributed by atoms with E-state index in [2.05, 4.69) is 15.3 Å². The molecule has 1 N–H and O–H groups in total. The average molecular weight is 455 g/mol. The summed E-state index contributed by atoms with van der Waals surface area (Å²) in [5.41, 5.74) is 2.43. The van der Waals surface area contributed by atoms with Crippen molar-refractivity contribution in [2.45, 2.75) is 24.5 Å². The van der Waals surface area contributed by atoms with Crippen molar-refractivity contribution < 1.29 is 9.53 Å². The minimum atomic E-state index is -0.203. The lowest BCUT2D eigenvalue weighted by Crippen LogP contribution is -2.41. The monoisotopic (exact) mass is 454 g/mol. The van der Waals surface area contributed by atoms with Crippen LogP contribution in [0.5, 0.6) is 0 Å². The van der Waals surface area contributed by atoms with Crippen LogP contribution in [0.15, 0.2) is 40.4 Å². The van der Waals surface area contributed by atoms with Crippen molar-refractivity contribution in [3.63, 3.8) is 0 Å². The molecule has 2 aromatic heterocycles. The number of hydrogen-bond donors (Lipinski definition) is 1. The molecule has 0 radical (unpaired) electrons. The Labute approximate surface area is 189 Å². The summed E-state index contributed by atoms with van der Waals surface area (Å²) in [5.74, 6) is 0.614. The van der Waals surface area contributed by atoms with E-state index in [1.165, 1.54) is 11.8 Å². The van der Waals surface area contributed by atoms with E-state index in [4.69, 9.17) is 9.72 Å². The Hall–Kier alpha value is -2.69. The summed E-state index contributed by atoms with van der Waals surface area (Å²) >= 11 is 1.51. The van der Waals surface area contributed by atoms with Crippen LogP contribution in [0, 0.1) is 6.92 Å². The summed E-state index contributed by atoms with van der Waals surface area (Å²) < 4.78 is 8.71. The zero-order valence-electron chi connectivity index (χ0n) is 18.0. The van der Waals surface area contributed by atoms with Gasteiger partial charge in [-0.2, -0.15) is 5.10 Å². The summed E-state index contributed by atoms with van der Waals surface area (Å²) in [5, 5.41) is 8.51. The number of aromatic nitrogens is 4. The number of amides is 1. The number of nitrogens with one attached hydrogen (secondary N) is 1. The number of fused-ring (bicyclic) bond motifs is 2. The largest absolute Gasteiger partial charge is 0.379 e. The molecule has 4 heterocycles.